The van der Waals surface area contributed by atoms with Crippen molar-refractivity contribution in [3.63, 3.8) is 0 Å². The molecular weight excluding hydrogens is 403 g/mol. The lowest BCUT2D eigenvalue weighted by Crippen LogP contribution is -2.49. The van der Waals surface area contributed by atoms with Gasteiger partial charge in [0.2, 0.25) is 0 Å². The summed E-state index contributed by atoms with van der Waals surface area (Å²) in [5.41, 5.74) is 1.83. The molecule has 3 rings (SSSR count). The van der Waals surface area contributed by atoms with Crippen molar-refractivity contribution >= 4 is 40.9 Å². The minimum atomic E-state index is 0.0655. The molecule has 0 unspecified atom stereocenters. The van der Waals surface area contributed by atoms with E-state index < -0.39 is 0 Å². The molecule has 1 aliphatic rings. The number of β-amino-alcohol motifs (C(OH)–C–C–N with tert-alkyl or cyclic N) is 1. The highest BCUT2D eigenvalue weighted by atomic mass is 35.5. The summed E-state index contributed by atoms with van der Waals surface area (Å²) in [6.07, 6.45) is 0. The van der Waals surface area contributed by atoms with Crippen LogP contribution in [0.5, 0.6) is 0 Å². The van der Waals surface area contributed by atoms with Gasteiger partial charge in [0.1, 0.15) is 0 Å². The molecule has 0 bridgehead atoms. The number of nitrogens with zero attached hydrogens (tertiary/aromatic N) is 2. The van der Waals surface area contributed by atoms with Crippen LogP contribution >= 0.6 is 35.0 Å². The molecule has 1 amide bonds. The monoisotopic (exact) mass is 424 g/mol. The van der Waals surface area contributed by atoms with E-state index in [4.69, 9.17) is 28.3 Å². The van der Waals surface area contributed by atoms with E-state index in [-0.39, 0.29) is 12.5 Å². The second-order valence-electron chi connectivity index (χ2n) is 6.42. The molecule has 0 aromatic heterocycles. The fourth-order valence-electron chi connectivity index (χ4n) is 2.99. The molecule has 7 heteroatoms. The quantitative estimate of drug-likeness (QED) is 0.710. The van der Waals surface area contributed by atoms with Gasteiger partial charge < -0.3 is 10.0 Å². The Balaban J connectivity index is 1.55. The van der Waals surface area contributed by atoms with E-state index in [2.05, 4.69) is 4.90 Å². The van der Waals surface area contributed by atoms with Crippen LogP contribution in [0.2, 0.25) is 10.0 Å². The topological polar surface area (TPSA) is 43.8 Å². The Labute approximate surface area is 174 Å². The predicted molar refractivity (Wildman–Crippen MR) is 112 cm³/mol. The van der Waals surface area contributed by atoms with Crippen LogP contribution in [0.25, 0.3) is 0 Å². The Kier molecular flexibility index (Phi) is 7.44. The van der Waals surface area contributed by atoms with Gasteiger partial charge in [-0.2, -0.15) is 0 Å². The standard InChI is InChI=1S/C20H22Cl2N2O2S/c21-17-5-6-18(22)19(13-17)27-14-15-1-3-16(4-2-15)20(26)24-9-7-23(8-10-24)11-12-25/h1-6,13,25H,7-12,14H2. The van der Waals surface area contributed by atoms with Crippen LogP contribution in [-0.4, -0.2) is 60.1 Å². The number of amides is 1. The van der Waals surface area contributed by atoms with Crippen LogP contribution in [0.1, 0.15) is 15.9 Å². The van der Waals surface area contributed by atoms with Crippen molar-refractivity contribution in [2.75, 3.05) is 39.3 Å². The summed E-state index contributed by atoms with van der Waals surface area (Å²) in [7, 11) is 0. The fraction of sp³-hybridized carbons (Fsp3) is 0.350. The number of benzene rings is 2. The third kappa shape index (κ3) is 5.62. The normalized spacial score (nSPS) is 15.1. The largest absolute Gasteiger partial charge is 0.395 e. The van der Waals surface area contributed by atoms with Crippen LogP contribution < -0.4 is 0 Å². The number of aliphatic hydroxyl groups is 1. The highest BCUT2D eigenvalue weighted by molar-refractivity contribution is 7.98. The third-order valence-corrected chi connectivity index (χ3v) is 6.37. The minimum absolute atomic E-state index is 0.0655. The van der Waals surface area contributed by atoms with E-state index in [1.54, 1.807) is 23.9 Å². The van der Waals surface area contributed by atoms with Crippen molar-refractivity contribution < 1.29 is 9.90 Å². The highest BCUT2D eigenvalue weighted by Crippen LogP contribution is 2.32. The van der Waals surface area contributed by atoms with Crippen molar-refractivity contribution in [2.45, 2.75) is 10.6 Å². The van der Waals surface area contributed by atoms with Crippen LogP contribution in [0.15, 0.2) is 47.4 Å². The lowest BCUT2D eigenvalue weighted by Gasteiger charge is -2.34. The number of hydrogen-bond acceptors (Lipinski definition) is 4. The highest BCUT2D eigenvalue weighted by Gasteiger charge is 2.21. The molecule has 0 saturated carbocycles. The van der Waals surface area contributed by atoms with E-state index in [1.165, 1.54) is 0 Å². The summed E-state index contributed by atoms with van der Waals surface area (Å²) < 4.78 is 0. The summed E-state index contributed by atoms with van der Waals surface area (Å²) in [4.78, 5) is 17.7. The Hall–Kier alpha value is -1.24. The van der Waals surface area contributed by atoms with Crippen LogP contribution in [0.3, 0.4) is 0 Å². The Morgan fingerprint density at radius 3 is 2.41 bits per heavy atom. The SMILES string of the molecule is O=C(c1ccc(CSc2cc(Cl)ccc2Cl)cc1)N1CCN(CCO)CC1. The first-order chi connectivity index (χ1) is 13.1. The molecule has 0 radical (unpaired) electrons. The maximum absolute atomic E-state index is 12.7. The lowest BCUT2D eigenvalue weighted by atomic mass is 10.1. The average Bonchev–Trinajstić information content (AvgIpc) is 2.69. The van der Waals surface area contributed by atoms with Gasteiger partial charge in [0.15, 0.2) is 0 Å². The van der Waals surface area contributed by atoms with Crippen molar-refractivity contribution in [1.29, 1.82) is 0 Å². The average molecular weight is 425 g/mol. The van der Waals surface area contributed by atoms with Gasteiger partial charge >= 0.3 is 0 Å². The van der Waals surface area contributed by atoms with E-state index in [1.807, 2.05) is 35.2 Å². The van der Waals surface area contributed by atoms with Crippen LogP contribution in [-0.2, 0) is 5.75 Å². The lowest BCUT2D eigenvalue weighted by molar-refractivity contribution is 0.0615. The number of carbonyl (C=O) groups excluding carboxylic acids is 1. The summed E-state index contributed by atoms with van der Waals surface area (Å²) in [6, 6.07) is 13.2. The number of aliphatic hydroxyl groups excluding tert-OH is 1. The first kappa shape index (κ1) is 20.5. The van der Waals surface area contributed by atoms with Gasteiger partial charge in [-0.05, 0) is 35.9 Å². The molecule has 1 heterocycles. The van der Waals surface area contributed by atoms with Gasteiger partial charge in [0.05, 0.1) is 11.6 Å². The smallest absolute Gasteiger partial charge is 0.253 e. The van der Waals surface area contributed by atoms with Gasteiger partial charge in [-0.1, -0.05) is 35.3 Å². The Bertz CT molecular complexity index is 778. The minimum Gasteiger partial charge on any atom is -0.395 e. The molecule has 1 saturated heterocycles. The summed E-state index contributed by atoms with van der Waals surface area (Å²) in [6.45, 7) is 3.84. The molecule has 1 aliphatic heterocycles. The maximum atomic E-state index is 12.7. The summed E-state index contributed by atoms with van der Waals surface area (Å²) >= 11 is 13.8. The van der Waals surface area contributed by atoms with Crippen LogP contribution in [0.4, 0.5) is 0 Å². The molecule has 0 spiro atoms. The van der Waals surface area contributed by atoms with Gasteiger partial charge in [0, 0.05) is 54.0 Å². The molecule has 1 fully saturated rings. The second-order valence-corrected chi connectivity index (χ2v) is 8.28. The van der Waals surface area contributed by atoms with E-state index in [0.29, 0.717) is 35.2 Å². The van der Waals surface area contributed by atoms with Gasteiger partial charge in [-0.25, -0.2) is 0 Å². The number of thioether (sulfide) groups is 1. The molecule has 2 aromatic carbocycles. The first-order valence-electron chi connectivity index (χ1n) is 8.86. The predicted octanol–water partition coefficient (Wildman–Crippen LogP) is 4.04. The zero-order valence-electron chi connectivity index (χ0n) is 14.9. The second kappa shape index (κ2) is 9.80. The molecular formula is C20H22Cl2N2O2S. The van der Waals surface area contributed by atoms with Gasteiger partial charge in [-0.15, -0.1) is 11.8 Å². The van der Waals surface area contributed by atoms with E-state index >= 15 is 0 Å². The molecule has 2 aromatic rings. The number of halogens is 2. The zero-order valence-corrected chi connectivity index (χ0v) is 17.2. The number of rotatable bonds is 6. The fourth-order valence-corrected chi connectivity index (χ4v) is 4.44. The molecule has 4 nitrogen and oxygen atoms in total. The number of hydrogen-bond donors (Lipinski definition) is 1. The summed E-state index contributed by atoms with van der Waals surface area (Å²) in [5.74, 6) is 0.824. The van der Waals surface area contributed by atoms with Crippen molar-refractivity contribution in [3.8, 4) is 0 Å². The molecule has 144 valence electrons. The Morgan fingerprint density at radius 2 is 1.74 bits per heavy atom. The maximum Gasteiger partial charge on any atom is 0.253 e. The number of piperazine rings is 1. The zero-order chi connectivity index (χ0) is 19.2. The Morgan fingerprint density at radius 1 is 1.04 bits per heavy atom. The number of carbonyl (C=O) groups is 1. The molecule has 0 atom stereocenters. The third-order valence-electron chi connectivity index (χ3n) is 4.56. The van der Waals surface area contributed by atoms with Gasteiger partial charge in [-0.3, -0.25) is 9.69 Å². The summed E-state index contributed by atoms with van der Waals surface area (Å²) in [5, 5.41) is 10.4. The van der Waals surface area contributed by atoms with E-state index in [9.17, 15) is 4.79 Å². The molecule has 1 N–H and O–H groups in total. The van der Waals surface area contributed by atoms with Crippen molar-refractivity contribution in [3.05, 3.63) is 63.6 Å². The van der Waals surface area contributed by atoms with Crippen LogP contribution in [0, 0.1) is 0 Å². The molecule has 27 heavy (non-hydrogen) atoms. The van der Waals surface area contributed by atoms with Gasteiger partial charge in [0.25, 0.3) is 5.91 Å². The van der Waals surface area contributed by atoms with Crippen molar-refractivity contribution in [2.24, 2.45) is 0 Å². The first-order valence-corrected chi connectivity index (χ1v) is 10.6. The molecule has 0 aliphatic carbocycles. The van der Waals surface area contributed by atoms with E-state index in [0.717, 1.165) is 29.3 Å². The van der Waals surface area contributed by atoms with Crippen molar-refractivity contribution in [1.82, 2.24) is 9.80 Å².